The number of carbonyl (C=O) groups is 10. The fraction of sp³-hybridized carbons (Fsp3) is 0.833. The normalized spacial score (nSPS) is 17.0. The Morgan fingerprint density at radius 1 is 0.622 bits per heavy atom. The highest BCUT2D eigenvalue weighted by molar-refractivity contribution is 6.01. The summed E-state index contributed by atoms with van der Waals surface area (Å²) < 4.78 is 0. The first-order valence-electron chi connectivity index (χ1n) is 30.2. The molecule has 10 N–H and O–H groups in total. The van der Waals surface area contributed by atoms with Crippen LogP contribution in [0.2, 0.25) is 0 Å². The molecule has 1 fully saturated rings. The SMILES string of the molecule is CCCCCCCC[C@@H](C)C(=O)N1CCC[C@H]1C(=O)N[C@@H](C[C@H](C)C[C@H](O)CC(=O)CC)C(=O)NC(C)(C)C(=O)NC(C)(C)C(=O)N[C@H](C(=O)N[C@H](C(=O)NC(C)(C)C(=O)NC(C)(C)C(=O)N[C@@H](C)CN(C)CCO)C(C)C)C(C)CC. The Morgan fingerprint density at radius 2 is 1.15 bits per heavy atom. The van der Waals surface area contributed by atoms with Gasteiger partial charge in [0.05, 0.1) is 12.7 Å². The van der Waals surface area contributed by atoms with Crippen molar-refractivity contribution in [3.8, 4) is 0 Å². The molecule has 0 aromatic heterocycles. The van der Waals surface area contributed by atoms with Crippen LogP contribution in [0.25, 0.3) is 0 Å². The Kier molecular flexibility index (Phi) is 31.5. The number of hydrogen-bond acceptors (Lipinski definition) is 13. The summed E-state index contributed by atoms with van der Waals surface area (Å²) in [6.45, 7) is 29.2. The number of carbonyl (C=O) groups excluding carboxylic acids is 10. The van der Waals surface area contributed by atoms with Gasteiger partial charge in [-0.1, -0.05) is 100 Å². The van der Waals surface area contributed by atoms with Crippen molar-refractivity contribution < 1.29 is 58.2 Å². The Hall–Kier alpha value is -5.22. The first-order chi connectivity index (χ1) is 37.9. The van der Waals surface area contributed by atoms with Crippen LogP contribution in [0.5, 0.6) is 0 Å². The van der Waals surface area contributed by atoms with Gasteiger partial charge in [0.1, 0.15) is 52.1 Å². The van der Waals surface area contributed by atoms with Gasteiger partial charge in [0.25, 0.3) is 0 Å². The summed E-state index contributed by atoms with van der Waals surface area (Å²) >= 11 is 0. The van der Waals surface area contributed by atoms with Crippen LogP contribution in [-0.4, -0.2) is 171 Å². The average molecular weight is 1160 g/mol. The second kappa shape index (κ2) is 34.5. The van der Waals surface area contributed by atoms with Crippen molar-refractivity contribution in [2.24, 2.45) is 23.7 Å². The van der Waals surface area contributed by atoms with Gasteiger partial charge < -0.3 is 62.5 Å². The van der Waals surface area contributed by atoms with E-state index < -0.39 is 117 Å². The first kappa shape index (κ1) is 74.8. The van der Waals surface area contributed by atoms with Crippen molar-refractivity contribution in [1.82, 2.24) is 52.3 Å². The summed E-state index contributed by atoms with van der Waals surface area (Å²) in [7, 11) is 1.80. The van der Waals surface area contributed by atoms with Crippen LogP contribution in [0, 0.1) is 23.7 Å². The molecule has 1 rings (SSSR count). The maximum atomic E-state index is 14.4. The Bertz CT molecular complexity index is 2130. The zero-order valence-corrected chi connectivity index (χ0v) is 53.4. The molecule has 82 heavy (non-hydrogen) atoms. The summed E-state index contributed by atoms with van der Waals surface area (Å²) in [5.41, 5.74) is -6.37. The highest BCUT2D eigenvalue weighted by atomic mass is 16.3. The zero-order valence-electron chi connectivity index (χ0n) is 53.4. The van der Waals surface area contributed by atoms with Crippen molar-refractivity contribution in [1.29, 1.82) is 0 Å². The molecule has 9 amide bonds. The lowest BCUT2D eigenvalue weighted by Gasteiger charge is -2.35. The minimum atomic E-state index is -1.70. The summed E-state index contributed by atoms with van der Waals surface area (Å²) in [5, 5.41) is 42.1. The molecule has 0 aromatic carbocycles. The van der Waals surface area contributed by atoms with Gasteiger partial charge in [-0.2, -0.15) is 0 Å². The predicted molar refractivity (Wildman–Crippen MR) is 317 cm³/mol. The minimum Gasteiger partial charge on any atom is -0.395 e. The molecule has 22 heteroatoms. The van der Waals surface area contributed by atoms with Gasteiger partial charge in [-0.15, -0.1) is 0 Å². The number of likely N-dealkylation sites (N-methyl/N-ethyl adjacent to an activating group) is 1. The molecule has 0 spiro atoms. The number of unbranched alkanes of at least 4 members (excludes halogenated alkanes) is 5. The molecular weight excluding hydrogens is 1050 g/mol. The van der Waals surface area contributed by atoms with Gasteiger partial charge in [-0.05, 0) is 119 Å². The van der Waals surface area contributed by atoms with Crippen LogP contribution in [0.4, 0.5) is 0 Å². The molecule has 0 bridgehead atoms. The van der Waals surface area contributed by atoms with E-state index >= 15 is 0 Å². The number of ketones is 1. The number of hydrogen-bond donors (Lipinski definition) is 10. The summed E-state index contributed by atoms with van der Waals surface area (Å²) in [6.07, 6.45) is 8.00. The van der Waals surface area contributed by atoms with E-state index in [-0.39, 0.29) is 55.9 Å². The zero-order chi connectivity index (χ0) is 63.1. The monoisotopic (exact) mass is 1160 g/mol. The highest BCUT2D eigenvalue weighted by Gasteiger charge is 2.44. The second-order valence-electron chi connectivity index (χ2n) is 25.8. The van der Waals surface area contributed by atoms with E-state index in [0.717, 1.165) is 32.1 Å². The standard InChI is InChI=1S/C60H110N10O12/c1-19-22-23-24-25-26-28-40(8)52(78)70-30-27-29-45(70)49(75)62-44(34-38(6)33-43(73)35-42(72)21-3)48(74)65-59(14,15)55(81)68-58(12,13)54(80)64-47(39(7)20-2)50(76)63-46(37(4)5)51(77)66-60(16,17)56(82)67-57(10,11)53(79)61-41(9)36-69(18)31-32-71/h37-41,43-47,71,73H,19-36H2,1-18H3,(H,61,79)(H,62,75)(H,63,76)(H,64,80)(H,65,74)(H,66,77)(H,67,82)(H,68,81)/t38-,39?,40-,41+,43+,44+,45+,46+,47+/m1/s1. The second-order valence-corrected chi connectivity index (χ2v) is 25.8. The molecule has 1 aliphatic rings. The lowest BCUT2D eigenvalue weighted by molar-refractivity contribution is -0.142. The van der Waals surface area contributed by atoms with Crippen molar-refractivity contribution in [3.05, 3.63) is 0 Å². The smallest absolute Gasteiger partial charge is 0.246 e. The number of likely N-dealkylation sites (tertiary alicyclic amines) is 1. The van der Waals surface area contributed by atoms with E-state index in [4.69, 9.17) is 0 Å². The van der Waals surface area contributed by atoms with Gasteiger partial charge >= 0.3 is 0 Å². The summed E-state index contributed by atoms with van der Waals surface area (Å²) in [6, 6.07) is -4.77. The molecule has 1 saturated heterocycles. The molecule has 472 valence electrons. The number of aliphatic hydroxyl groups excluding tert-OH is 2. The van der Waals surface area contributed by atoms with E-state index in [0.29, 0.717) is 45.3 Å². The number of Topliss-reactive ketones (excluding diaryl/α,β-unsaturated/α-hetero) is 1. The molecule has 22 nitrogen and oxygen atoms in total. The van der Waals surface area contributed by atoms with Gasteiger partial charge in [-0.3, -0.25) is 47.9 Å². The van der Waals surface area contributed by atoms with Crippen molar-refractivity contribution in [3.63, 3.8) is 0 Å². The van der Waals surface area contributed by atoms with E-state index in [1.54, 1.807) is 53.5 Å². The van der Waals surface area contributed by atoms with Crippen LogP contribution in [0.15, 0.2) is 0 Å². The highest BCUT2D eigenvalue weighted by Crippen LogP contribution is 2.25. The van der Waals surface area contributed by atoms with Gasteiger partial charge in [0.15, 0.2) is 0 Å². The molecule has 0 saturated carbocycles. The molecule has 1 aliphatic heterocycles. The maximum absolute atomic E-state index is 14.4. The Morgan fingerprint density at radius 3 is 1.67 bits per heavy atom. The molecular formula is C60H110N10O12. The largest absolute Gasteiger partial charge is 0.395 e. The van der Waals surface area contributed by atoms with Crippen LogP contribution in [0.3, 0.4) is 0 Å². The predicted octanol–water partition coefficient (Wildman–Crippen LogP) is 3.68. The Labute approximate surface area is 490 Å². The third kappa shape index (κ3) is 24.9. The maximum Gasteiger partial charge on any atom is 0.246 e. The fourth-order valence-electron chi connectivity index (χ4n) is 9.76. The number of aliphatic hydroxyl groups is 2. The number of amides is 9. The molecule has 0 aromatic rings. The van der Waals surface area contributed by atoms with Crippen LogP contribution in [0.1, 0.15) is 208 Å². The molecule has 9 atom stereocenters. The number of nitrogens with zero attached hydrogens (tertiary/aromatic N) is 2. The van der Waals surface area contributed by atoms with E-state index in [9.17, 15) is 58.2 Å². The van der Waals surface area contributed by atoms with E-state index in [1.807, 2.05) is 18.7 Å². The Balaban J connectivity index is 3.29. The molecule has 0 radical (unpaired) electrons. The third-order valence-electron chi connectivity index (χ3n) is 15.5. The molecule has 1 unspecified atom stereocenters. The topological polar surface area (TPSA) is 314 Å². The first-order valence-corrected chi connectivity index (χ1v) is 30.2. The van der Waals surface area contributed by atoms with Gasteiger partial charge in [0, 0.05) is 44.4 Å². The van der Waals surface area contributed by atoms with Crippen molar-refractivity contribution in [2.75, 3.05) is 33.3 Å². The lowest BCUT2D eigenvalue weighted by atomic mass is 9.92. The average Bonchev–Trinajstić information content (AvgIpc) is 3.87. The van der Waals surface area contributed by atoms with E-state index in [2.05, 4.69) is 49.5 Å². The lowest BCUT2D eigenvalue weighted by Crippen LogP contribution is -2.67. The summed E-state index contributed by atoms with van der Waals surface area (Å²) in [4.78, 5) is 141. The number of nitrogens with one attached hydrogen (secondary N) is 8. The molecule has 0 aliphatic carbocycles. The summed E-state index contributed by atoms with van der Waals surface area (Å²) in [5.74, 6) is -7.26. The fourth-order valence-corrected chi connectivity index (χ4v) is 9.76. The number of rotatable bonds is 38. The van der Waals surface area contributed by atoms with Crippen LogP contribution in [-0.2, 0) is 47.9 Å². The molecule has 1 heterocycles. The quantitative estimate of drug-likeness (QED) is 0.0395. The van der Waals surface area contributed by atoms with Gasteiger partial charge in [-0.25, -0.2) is 0 Å². The minimum absolute atomic E-state index is 0.0195. The van der Waals surface area contributed by atoms with Crippen LogP contribution >= 0.6 is 0 Å². The van der Waals surface area contributed by atoms with Gasteiger partial charge in [0.2, 0.25) is 53.2 Å². The third-order valence-corrected chi connectivity index (χ3v) is 15.5. The van der Waals surface area contributed by atoms with Crippen molar-refractivity contribution in [2.45, 2.75) is 266 Å². The van der Waals surface area contributed by atoms with Crippen molar-refractivity contribution >= 4 is 58.9 Å². The van der Waals surface area contributed by atoms with Crippen LogP contribution < -0.4 is 42.5 Å². The van der Waals surface area contributed by atoms with E-state index in [1.165, 1.54) is 61.8 Å².